The van der Waals surface area contributed by atoms with Crippen molar-refractivity contribution >= 4 is 0 Å². The van der Waals surface area contributed by atoms with Gasteiger partial charge in [0.15, 0.2) is 0 Å². The van der Waals surface area contributed by atoms with Crippen LogP contribution in [0.5, 0.6) is 11.5 Å². The van der Waals surface area contributed by atoms with E-state index in [9.17, 15) is 10.2 Å². The van der Waals surface area contributed by atoms with Crippen molar-refractivity contribution in [3.05, 3.63) is 53.3 Å². The number of aromatic hydroxyl groups is 2. The van der Waals surface area contributed by atoms with Gasteiger partial charge in [0.05, 0.1) is 0 Å². The number of phenols is 2. The first-order valence-electron chi connectivity index (χ1n) is 6.22. The minimum Gasteiger partial charge on any atom is -0.508 e. The third-order valence-corrected chi connectivity index (χ3v) is 3.21. The average Bonchev–Trinajstić information content (AvgIpc) is 2.40. The van der Waals surface area contributed by atoms with Crippen molar-refractivity contribution in [1.82, 2.24) is 10.3 Å². The minimum atomic E-state index is -0.0559. The molecule has 0 aliphatic heterocycles. The molecule has 3 N–H and O–H groups in total. The molecule has 0 bridgehead atoms. The fourth-order valence-electron chi connectivity index (χ4n) is 1.96. The number of nitrogens with one attached hydrogen (secondary N) is 1. The van der Waals surface area contributed by atoms with Crippen molar-refractivity contribution in [1.29, 1.82) is 0 Å². The van der Waals surface area contributed by atoms with E-state index in [1.807, 2.05) is 26.1 Å². The zero-order chi connectivity index (χ0) is 13.8. The molecule has 1 heterocycles. The van der Waals surface area contributed by atoms with Crippen LogP contribution in [-0.2, 0) is 6.54 Å². The second kappa shape index (κ2) is 5.71. The van der Waals surface area contributed by atoms with E-state index in [1.54, 1.807) is 12.3 Å². The fraction of sp³-hybridized carbons (Fsp3) is 0.267. The third-order valence-electron chi connectivity index (χ3n) is 3.21. The molecule has 1 aromatic carbocycles. The van der Waals surface area contributed by atoms with Crippen LogP contribution in [0, 0.1) is 6.92 Å². The Morgan fingerprint density at radius 2 is 2.05 bits per heavy atom. The first kappa shape index (κ1) is 13.4. The summed E-state index contributed by atoms with van der Waals surface area (Å²) in [6.45, 7) is 4.65. The summed E-state index contributed by atoms with van der Waals surface area (Å²) < 4.78 is 0. The van der Waals surface area contributed by atoms with Gasteiger partial charge in [0.2, 0.25) is 0 Å². The predicted octanol–water partition coefficient (Wildman–Crippen LogP) is 2.65. The average molecular weight is 258 g/mol. The molecule has 0 aliphatic rings. The van der Waals surface area contributed by atoms with E-state index in [0.717, 1.165) is 5.56 Å². The minimum absolute atomic E-state index is 0.0559. The Morgan fingerprint density at radius 3 is 2.79 bits per heavy atom. The Morgan fingerprint density at radius 1 is 1.26 bits per heavy atom. The maximum absolute atomic E-state index is 9.80. The predicted molar refractivity (Wildman–Crippen MR) is 74.0 cm³/mol. The Hall–Kier alpha value is -2.07. The molecule has 2 aromatic rings. The van der Waals surface area contributed by atoms with E-state index >= 15 is 0 Å². The molecule has 2 rings (SSSR count). The summed E-state index contributed by atoms with van der Waals surface area (Å²) in [5.74, 6) is 0.339. The molecule has 0 radical (unpaired) electrons. The summed E-state index contributed by atoms with van der Waals surface area (Å²) in [6, 6.07) is 6.46. The molecule has 0 amide bonds. The summed E-state index contributed by atoms with van der Waals surface area (Å²) in [7, 11) is 0. The van der Waals surface area contributed by atoms with Crippen molar-refractivity contribution in [2.75, 3.05) is 0 Å². The zero-order valence-corrected chi connectivity index (χ0v) is 11.1. The van der Waals surface area contributed by atoms with Gasteiger partial charge in [-0.2, -0.15) is 0 Å². The van der Waals surface area contributed by atoms with E-state index in [0.29, 0.717) is 12.1 Å². The number of hydrogen-bond acceptors (Lipinski definition) is 4. The summed E-state index contributed by atoms with van der Waals surface area (Å²) >= 11 is 0. The molecular weight excluding hydrogens is 240 g/mol. The van der Waals surface area contributed by atoms with Crippen LogP contribution in [0.15, 0.2) is 36.7 Å². The summed E-state index contributed by atoms with van der Waals surface area (Å²) in [4.78, 5) is 4.06. The largest absolute Gasteiger partial charge is 0.508 e. The lowest BCUT2D eigenvalue weighted by atomic mass is 10.1. The topological polar surface area (TPSA) is 65.4 Å². The van der Waals surface area contributed by atoms with E-state index in [1.165, 1.54) is 17.7 Å². The number of rotatable bonds is 4. The molecule has 4 nitrogen and oxygen atoms in total. The first-order valence-corrected chi connectivity index (χ1v) is 6.22. The number of hydrogen-bond donors (Lipinski definition) is 3. The number of benzene rings is 1. The molecule has 1 aromatic heterocycles. The van der Waals surface area contributed by atoms with Crippen LogP contribution in [0.25, 0.3) is 0 Å². The van der Waals surface area contributed by atoms with E-state index in [-0.39, 0.29) is 17.5 Å². The van der Waals surface area contributed by atoms with Crippen LogP contribution in [-0.4, -0.2) is 15.2 Å². The van der Waals surface area contributed by atoms with Gasteiger partial charge in [0.1, 0.15) is 11.5 Å². The summed E-state index contributed by atoms with van der Waals surface area (Å²) in [6.07, 6.45) is 3.59. The van der Waals surface area contributed by atoms with Gasteiger partial charge in [0, 0.05) is 30.5 Å². The van der Waals surface area contributed by atoms with Gasteiger partial charge in [-0.05, 0) is 49.2 Å². The quantitative estimate of drug-likeness (QED) is 0.738. The summed E-state index contributed by atoms with van der Waals surface area (Å²) in [5, 5.41) is 22.6. The van der Waals surface area contributed by atoms with Crippen molar-refractivity contribution in [2.45, 2.75) is 26.4 Å². The van der Waals surface area contributed by atoms with Gasteiger partial charge in [-0.3, -0.25) is 4.98 Å². The number of aryl methyl sites for hydroxylation is 1. The molecule has 0 saturated heterocycles. The monoisotopic (exact) mass is 258 g/mol. The zero-order valence-electron chi connectivity index (χ0n) is 11.1. The highest BCUT2D eigenvalue weighted by molar-refractivity contribution is 5.40. The Labute approximate surface area is 112 Å². The second-order valence-electron chi connectivity index (χ2n) is 4.65. The van der Waals surface area contributed by atoms with Crippen LogP contribution in [0.2, 0.25) is 0 Å². The molecule has 0 fully saturated rings. The van der Waals surface area contributed by atoms with Gasteiger partial charge in [0.25, 0.3) is 0 Å². The first-order chi connectivity index (χ1) is 9.08. The number of nitrogens with zero attached hydrogens (tertiary/aromatic N) is 1. The normalized spacial score (nSPS) is 12.3. The van der Waals surface area contributed by atoms with Crippen molar-refractivity contribution in [2.24, 2.45) is 0 Å². The smallest absolute Gasteiger partial charge is 0.120 e. The maximum atomic E-state index is 9.80. The molecule has 0 aliphatic carbocycles. The molecule has 1 unspecified atom stereocenters. The van der Waals surface area contributed by atoms with E-state index in [2.05, 4.69) is 10.3 Å². The lowest BCUT2D eigenvalue weighted by Gasteiger charge is -2.16. The van der Waals surface area contributed by atoms with Crippen LogP contribution < -0.4 is 5.32 Å². The number of phenolic OH excluding ortho intramolecular Hbond substituents is 2. The van der Waals surface area contributed by atoms with Gasteiger partial charge in [-0.1, -0.05) is 0 Å². The number of pyridine rings is 1. The highest BCUT2D eigenvalue weighted by atomic mass is 16.3. The molecule has 1 atom stereocenters. The fourth-order valence-corrected chi connectivity index (χ4v) is 1.96. The highest BCUT2D eigenvalue weighted by Crippen LogP contribution is 2.27. The molecule has 100 valence electrons. The SMILES string of the molecule is Cc1cnccc1CNC(C)c1cc(O)ccc1O. The summed E-state index contributed by atoms with van der Waals surface area (Å²) in [5.41, 5.74) is 2.98. The van der Waals surface area contributed by atoms with Crippen LogP contribution >= 0.6 is 0 Å². The molecule has 19 heavy (non-hydrogen) atoms. The van der Waals surface area contributed by atoms with Gasteiger partial charge in [-0.25, -0.2) is 0 Å². The van der Waals surface area contributed by atoms with Gasteiger partial charge >= 0.3 is 0 Å². The van der Waals surface area contributed by atoms with Crippen LogP contribution in [0.3, 0.4) is 0 Å². The Kier molecular flexibility index (Phi) is 4.02. The second-order valence-corrected chi connectivity index (χ2v) is 4.65. The number of aromatic nitrogens is 1. The van der Waals surface area contributed by atoms with Crippen molar-refractivity contribution < 1.29 is 10.2 Å². The molecule has 0 saturated carbocycles. The Balaban J connectivity index is 2.07. The van der Waals surface area contributed by atoms with Gasteiger partial charge < -0.3 is 15.5 Å². The van der Waals surface area contributed by atoms with Crippen LogP contribution in [0.4, 0.5) is 0 Å². The Bertz CT molecular complexity index is 570. The van der Waals surface area contributed by atoms with E-state index in [4.69, 9.17) is 0 Å². The standard InChI is InChI=1S/C15H18N2O2/c1-10-8-16-6-5-12(10)9-17-11(2)14-7-13(18)3-4-15(14)19/h3-8,11,17-19H,9H2,1-2H3. The van der Waals surface area contributed by atoms with E-state index < -0.39 is 0 Å². The van der Waals surface area contributed by atoms with Gasteiger partial charge in [-0.15, -0.1) is 0 Å². The lowest BCUT2D eigenvalue weighted by molar-refractivity contribution is 0.440. The molecule has 0 spiro atoms. The van der Waals surface area contributed by atoms with Crippen molar-refractivity contribution in [3.8, 4) is 11.5 Å². The van der Waals surface area contributed by atoms with Crippen molar-refractivity contribution in [3.63, 3.8) is 0 Å². The van der Waals surface area contributed by atoms with Crippen LogP contribution in [0.1, 0.15) is 29.7 Å². The maximum Gasteiger partial charge on any atom is 0.120 e. The third kappa shape index (κ3) is 3.23. The highest BCUT2D eigenvalue weighted by Gasteiger charge is 2.11. The molecule has 4 heteroatoms. The molecular formula is C15H18N2O2. The lowest BCUT2D eigenvalue weighted by Crippen LogP contribution is -2.18.